The molecule has 2 amide bonds. The van der Waals surface area contributed by atoms with Crippen molar-refractivity contribution in [3.8, 4) is 0 Å². The smallest absolute Gasteiger partial charge is 0.253 e. The fourth-order valence-corrected chi connectivity index (χ4v) is 3.71. The van der Waals surface area contributed by atoms with Gasteiger partial charge in [-0.2, -0.15) is 0 Å². The Bertz CT molecular complexity index is 885. The summed E-state index contributed by atoms with van der Waals surface area (Å²) in [5.41, 5.74) is 3.47. The van der Waals surface area contributed by atoms with Crippen LogP contribution in [0, 0.1) is 12.8 Å². The third kappa shape index (κ3) is 5.41. The van der Waals surface area contributed by atoms with E-state index in [0.717, 1.165) is 37.2 Å². The highest BCUT2D eigenvalue weighted by molar-refractivity contribution is 6.00. The first-order chi connectivity index (χ1) is 14.3. The van der Waals surface area contributed by atoms with Crippen LogP contribution in [0.3, 0.4) is 0 Å². The van der Waals surface area contributed by atoms with Crippen LogP contribution in [-0.2, 0) is 0 Å². The van der Waals surface area contributed by atoms with Gasteiger partial charge in [-0.15, -0.1) is 0 Å². The number of carbonyl (C=O) groups is 2. The van der Waals surface area contributed by atoms with Crippen molar-refractivity contribution in [2.24, 2.45) is 5.92 Å². The lowest BCUT2D eigenvalue weighted by Gasteiger charge is -2.35. The van der Waals surface area contributed by atoms with E-state index in [0.29, 0.717) is 17.0 Å². The van der Waals surface area contributed by atoms with E-state index in [-0.39, 0.29) is 23.9 Å². The Morgan fingerprint density at radius 1 is 0.967 bits per heavy atom. The maximum Gasteiger partial charge on any atom is 0.253 e. The maximum absolute atomic E-state index is 12.8. The summed E-state index contributed by atoms with van der Waals surface area (Å²) < 4.78 is 0. The van der Waals surface area contributed by atoms with Crippen molar-refractivity contribution in [1.29, 1.82) is 0 Å². The molecule has 0 radical (unpaired) electrons. The van der Waals surface area contributed by atoms with Crippen molar-refractivity contribution in [3.05, 3.63) is 65.2 Å². The van der Waals surface area contributed by atoms with Crippen LogP contribution in [0.15, 0.2) is 48.5 Å². The third-order valence-electron chi connectivity index (χ3n) is 5.96. The van der Waals surface area contributed by atoms with Gasteiger partial charge in [-0.05, 0) is 56.9 Å². The minimum atomic E-state index is -0.0262. The van der Waals surface area contributed by atoms with E-state index in [1.807, 2.05) is 62.4 Å². The Morgan fingerprint density at radius 3 is 2.33 bits per heavy atom. The number of hydrogen-bond donors (Lipinski definition) is 2. The summed E-state index contributed by atoms with van der Waals surface area (Å²) in [6.07, 6.45) is 1.71. The van der Waals surface area contributed by atoms with E-state index in [4.69, 9.17) is 0 Å². The third-order valence-corrected chi connectivity index (χ3v) is 5.96. The number of anilines is 1. The second-order valence-corrected chi connectivity index (χ2v) is 8.63. The standard InChI is InChI=1S/C25H33N3O2/c1-17(2)19(4)26-25(30)22-10-5-6-11-23(22)28-14-12-21(13-15-28)27-24(29)20-9-7-8-18(3)16-20/h5-11,16-17,19,21H,12-15H2,1-4H3,(H,26,30)(H,27,29)/t19-/m1/s1. The van der Waals surface area contributed by atoms with E-state index >= 15 is 0 Å². The van der Waals surface area contributed by atoms with Crippen LogP contribution in [0.25, 0.3) is 0 Å². The number of carbonyl (C=O) groups excluding carboxylic acids is 2. The fraction of sp³-hybridized carbons (Fsp3) is 0.440. The lowest BCUT2D eigenvalue weighted by atomic mass is 10.0. The first kappa shape index (κ1) is 21.9. The molecule has 30 heavy (non-hydrogen) atoms. The van der Waals surface area contributed by atoms with Gasteiger partial charge in [0, 0.05) is 36.4 Å². The largest absolute Gasteiger partial charge is 0.371 e. The molecule has 160 valence electrons. The lowest BCUT2D eigenvalue weighted by molar-refractivity contribution is 0.0925. The summed E-state index contributed by atoms with van der Waals surface area (Å²) in [4.78, 5) is 27.6. The Morgan fingerprint density at radius 2 is 1.67 bits per heavy atom. The van der Waals surface area contributed by atoms with Crippen LogP contribution in [0.4, 0.5) is 5.69 Å². The number of hydrogen-bond acceptors (Lipinski definition) is 3. The molecule has 0 bridgehead atoms. The number of amides is 2. The Hall–Kier alpha value is -2.82. The van der Waals surface area contributed by atoms with Gasteiger partial charge >= 0.3 is 0 Å². The molecule has 1 aliphatic heterocycles. The molecular formula is C25H33N3O2. The second-order valence-electron chi connectivity index (χ2n) is 8.63. The number of aryl methyl sites for hydroxylation is 1. The fourth-order valence-electron chi connectivity index (χ4n) is 3.71. The number of benzene rings is 2. The van der Waals surface area contributed by atoms with Crippen molar-refractivity contribution >= 4 is 17.5 Å². The molecule has 2 N–H and O–H groups in total. The van der Waals surface area contributed by atoms with Crippen LogP contribution in [0.5, 0.6) is 0 Å². The van der Waals surface area contributed by atoms with E-state index in [1.54, 1.807) is 0 Å². The summed E-state index contributed by atoms with van der Waals surface area (Å²) in [5.74, 6) is 0.343. The van der Waals surface area contributed by atoms with Gasteiger partial charge < -0.3 is 15.5 Å². The molecule has 5 nitrogen and oxygen atoms in total. The Balaban J connectivity index is 1.61. The van der Waals surface area contributed by atoms with Crippen molar-refractivity contribution < 1.29 is 9.59 Å². The first-order valence-corrected chi connectivity index (χ1v) is 10.9. The molecule has 1 heterocycles. The predicted molar refractivity (Wildman–Crippen MR) is 122 cm³/mol. The molecule has 3 rings (SSSR count). The van der Waals surface area contributed by atoms with Gasteiger partial charge in [0.25, 0.3) is 11.8 Å². The van der Waals surface area contributed by atoms with Crippen molar-refractivity contribution in [1.82, 2.24) is 10.6 Å². The van der Waals surface area contributed by atoms with E-state index in [9.17, 15) is 9.59 Å². The van der Waals surface area contributed by atoms with E-state index in [2.05, 4.69) is 29.4 Å². The minimum absolute atomic E-state index is 0.0143. The SMILES string of the molecule is Cc1cccc(C(=O)NC2CCN(c3ccccc3C(=O)N[C@H](C)C(C)C)CC2)c1. The minimum Gasteiger partial charge on any atom is -0.371 e. The van der Waals surface area contributed by atoms with E-state index in [1.165, 1.54) is 0 Å². The second kappa shape index (κ2) is 9.79. The number of nitrogens with one attached hydrogen (secondary N) is 2. The molecule has 0 unspecified atom stereocenters. The van der Waals surface area contributed by atoms with Gasteiger partial charge in [0.1, 0.15) is 0 Å². The average Bonchev–Trinajstić information content (AvgIpc) is 2.74. The molecule has 0 spiro atoms. The molecule has 2 aromatic carbocycles. The number of rotatable bonds is 6. The summed E-state index contributed by atoms with van der Waals surface area (Å²) in [6, 6.07) is 15.7. The first-order valence-electron chi connectivity index (χ1n) is 10.9. The quantitative estimate of drug-likeness (QED) is 0.756. The number of para-hydroxylation sites is 1. The van der Waals surface area contributed by atoms with Crippen LogP contribution in [0.2, 0.25) is 0 Å². The highest BCUT2D eigenvalue weighted by atomic mass is 16.2. The lowest BCUT2D eigenvalue weighted by Crippen LogP contribution is -2.45. The van der Waals surface area contributed by atoms with Gasteiger partial charge in [-0.25, -0.2) is 0 Å². The highest BCUT2D eigenvalue weighted by Crippen LogP contribution is 2.25. The molecule has 2 aromatic rings. The predicted octanol–water partition coefficient (Wildman–Crippen LogP) is 4.17. The van der Waals surface area contributed by atoms with Gasteiger partial charge in [0.05, 0.1) is 5.56 Å². The zero-order chi connectivity index (χ0) is 21.7. The van der Waals surface area contributed by atoms with Gasteiger partial charge in [-0.1, -0.05) is 43.7 Å². The van der Waals surface area contributed by atoms with Crippen LogP contribution < -0.4 is 15.5 Å². The monoisotopic (exact) mass is 407 g/mol. The van der Waals surface area contributed by atoms with Gasteiger partial charge in [-0.3, -0.25) is 9.59 Å². The van der Waals surface area contributed by atoms with Crippen molar-refractivity contribution in [3.63, 3.8) is 0 Å². The normalized spacial score (nSPS) is 15.7. The Labute approximate surface area is 179 Å². The number of piperidine rings is 1. The highest BCUT2D eigenvalue weighted by Gasteiger charge is 2.24. The molecule has 1 saturated heterocycles. The van der Waals surface area contributed by atoms with Crippen LogP contribution >= 0.6 is 0 Å². The molecule has 1 fully saturated rings. The Kier molecular flexibility index (Phi) is 7.14. The molecule has 1 aliphatic rings. The van der Waals surface area contributed by atoms with Crippen LogP contribution in [-0.4, -0.2) is 37.0 Å². The topological polar surface area (TPSA) is 61.4 Å². The summed E-state index contributed by atoms with van der Waals surface area (Å²) in [5, 5.41) is 6.28. The molecule has 1 atom stereocenters. The maximum atomic E-state index is 12.8. The summed E-state index contributed by atoms with van der Waals surface area (Å²) in [6.45, 7) is 9.85. The molecule has 5 heteroatoms. The summed E-state index contributed by atoms with van der Waals surface area (Å²) >= 11 is 0. The van der Waals surface area contributed by atoms with Crippen molar-refractivity contribution in [2.45, 2.75) is 52.6 Å². The average molecular weight is 408 g/mol. The van der Waals surface area contributed by atoms with Gasteiger partial charge in [0.2, 0.25) is 0 Å². The molecule has 0 saturated carbocycles. The van der Waals surface area contributed by atoms with E-state index < -0.39 is 0 Å². The zero-order valence-electron chi connectivity index (χ0n) is 18.4. The molecular weight excluding hydrogens is 374 g/mol. The molecule has 0 aromatic heterocycles. The van der Waals surface area contributed by atoms with Crippen LogP contribution in [0.1, 0.15) is 59.9 Å². The molecule has 0 aliphatic carbocycles. The van der Waals surface area contributed by atoms with Gasteiger partial charge in [0.15, 0.2) is 0 Å². The number of nitrogens with zero attached hydrogens (tertiary/aromatic N) is 1. The summed E-state index contributed by atoms with van der Waals surface area (Å²) in [7, 11) is 0. The zero-order valence-corrected chi connectivity index (χ0v) is 18.4. The van der Waals surface area contributed by atoms with Crippen molar-refractivity contribution in [2.75, 3.05) is 18.0 Å².